The van der Waals surface area contributed by atoms with Gasteiger partial charge in [-0.25, -0.2) is 15.3 Å². The first-order chi connectivity index (χ1) is 12.2. The number of hydroxylamine groups is 1. The molecule has 0 aliphatic carbocycles. The molecule has 1 unspecified atom stereocenters. The molecule has 0 fully saturated rings. The molecule has 25 heavy (non-hydrogen) atoms. The highest BCUT2D eigenvalue weighted by molar-refractivity contribution is 5.73. The Hall–Kier alpha value is -3.12. The molecule has 6 heteroatoms. The van der Waals surface area contributed by atoms with Crippen molar-refractivity contribution in [2.24, 2.45) is 0 Å². The number of imidazole rings is 1. The van der Waals surface area contributed by atoms with Gasteiger partial charge in [0.15, 0.2) is 0 Å². The van der Waals surface area contributed by atoms with E-state index in [2.05, 4.69) is 15.8 Å². The summed E-state index contributed by atoms with van der Waals surface area (Å²) in [4.78, 5) is 21.2. The van der Waals surface area contributed by atoms with Gasteiger partial charge in [0.05, 0.1) is 19.0 Å². The molecular formula is C19H20N4O2. The average molecular weight is 336 g/mol. The first kappa shape index (κ1) is 16.7. The minimum absolute atomic E-state index is 0.142. The average Bonchev–Trinajstić information content (AvgIpc) is 3.17. The fourth-order valence-corrected chi connectivity index (χ4v) is 2.42. The topological polar surface area (TPSA) is 68.2 Å². The van der Waals surface area contributed by atoms with Gasteiger partial charge in [0.1, 0.15) is 0 Å². The zero-order chi connectivity index (χ0) is 17.5. The predicted octanol–water partition coefficient (Wildman–Crippen LogP) is 3.36. The van der Waals surface area contributed by atoms with Crippen molar-refractivity contribution in [3.8, 4) is 5.69 Å². The van der Waals surface area contributed by atoms with Crippen molar-refractivity contribution in [3.63, 3.8) is 0 Å². The Balaban J connectivity index is 1.48. The van der Waals surface area contributed by atoms with E-state index in [1.165, 1.54) is 0 Å². The number of benzene rings is 2. The molecule has 1 heterocycles. The van der Waals surface area contributed by atoms with Crippen molar-refractivity contribution < 1.29 is 9.63 Å². The Morgan fingerprint density at radius 2 is 1.92 bits per heavy atom. The molecule has 0 saturated carbocycles. The van der Waals surface area contributed by atoms with Crippen molar-refractivity contribution in [1.82, 2.24) is 20.3 Å². The predicted molar refractivity (Wildman–Crippen MR) is 94.9 cm³/mol. The van der Waals surface area contributed by atoms with Crippen molar-refractivity contribution in [2.45, 2.75) is 19.6 Å². The lowest BCUT2D eigenvalue weighted by molar-refractivity contribution is 0.0483. The van der Waals surface area contributed by atoms with Crippen molar-refractivity contribution in [2.75, 3.05) is 0 Å². The normalized spacial score (nSPS) is 11.7. The van der Waals surface area contributed by atoms with E-state index in [9.17, 15) is 4.79 Å². The Morgan fingerprint density at radius 1 is 1.16 bits per heavy atom. The molecule has 1 aromatic heterocycles. The third kappa shape index (κ3) is 4.68. The third-order valence-electron chi connectivity index (χ3n) is 3.79. The summed E-state index contributed by atoms with van der Waals surface area (Å²) in [7, 11) is 0. The lowest BCUT2D eigenvalue weighted by atomic mass is 10.1. The van der Waals surface area contributed by atoms with Crippen LogP contribution in [0.3, 0.4) is 0 Å². The second-order valence-corrected chi connectivity index (χ2v) is 5.63. The molecule has 6 nitrogen and oxygen atoms in total. The van der Waals surface area contributed by atoms with Crippen LogP contribution in [0.15, 0.2) is 73.3 Å². The van der Waals surface area contributed by atoms with Gasteiger partial charge in [-0.3, -0.25) is 4.84 Å². The molecule has 0 spiro atoms. The summed E-state index contributed by atoms with van der Waals surface area (Å²) in [5.74, 6) is 0. The smallest absolute Gasteiger partial charge is 0.330 e. The minimum Gasteiger partial charge on any atom is -0.330 e. The summed E-state index contributed by atoms with van der Waals surface area (Å²) in [6.45, 7) is 2.24. The fourth-order valence-electron chi connectivity index (χ4n) is 2.42. The molecule has 0 saturated heterocycles. The monoisotopic (exact) mass is 336 g/mol. The maximum atomic E-state index is 11.9. The highest BCUT2D eigenvalue weighted by atomic mass is 16.7. The molecule has 1 atom stereocenters. The zero-order valence-electron chi connectivity index (χ0n) is 13.9. The largest absolute Gasteiger partial charge is 0.339 e. The molecular weight excluding hydrogens is 316 g/mol. The molecule has 3 rings (SSSR count). The molecule has 2 amide bonds. The van der Waals surface area contributed by atoms with Crippen LogP contribution in [0.1, 0.15) is 24.1 Å². The number of carbonyl (C=O) groups is 1. The van der Waals surface area contributed by atoms with E-state index in [4.69, 9.17) is 4.84 Å². The Kier molecular flexibility index (Phi) is 5.43. The Morgan fingerprint density at radius 3 is 2.60 bits per heavy atom. The van der Waals surface area contributed by atoms with Gasteiger partial charge in [-0.15, -0.1) is 0 Å². The molecule has 0 aliphatic rings. The molecule has 2 N–H and O–H groups in total. The second-order valence-electron chi connectivity index (χ2n) is 5.63. The summed E-state index contributed by atoms with van der Waals surface area (Å²) in [6, 6.07) is 17.1. The van der Waals surface area contributed by atoms with E-state index in [0.717, 1.165) is 16.8 Å². The van der Waals surface area contributed by atoms with Crippen LogP contribution in [-0.4, -0.2) is 15.6 Å². The van der Waals surface area contributed by atoms with E-state index in [1.54, 1.807) is 12.5 Å². The summed E-state index contributed by atoms with van der Waals surface area (Å²) >= 11 is 0. The van der Waals surface area contributed by atoms with Crippen molar-refractivity contribution >= 4 is 6.03 Å². The number of nitrogens with zero attached hydrogens (tertiary/aromatic N) is 2. The van der Waals surface area contributed by atoms with E-state index < -0.39 is 0 Å². The standard InChI is InChI=1S/C19H20N4O2/c1-15(17-7-9-18(10-8-17)23-12-11-20-14-23)21-19(24)22-25-13-16-5-3-2-4-6-16/h2-12,14-15H,13H2,1H3,(H2,21,22,24). The third-order valence-corrected chi connectivity index (χ3v) is 3.79. The summed E-state index contributed by atoms with van der Waals surface area (Å²) in [5, 5.41) is 2.84. The van der Waals surface area contributed by atoms with Crippen LogP contribution in [0.25, 0.3) is 5.69 Å². The molecule has 2 aromatic carbocycles. The Labute approximate surface area is 146 Å². The van der Waals surface area contributed by atoms with Gasteiger partial charge in [-0.1, -0.05) is 42.5 Å². The van der Waals surface area contributed by atoms with Crippen LogP contribution in [0, 0.1) is 0 Å². The minimum atomic E-state index is -0.373. The lowest BCUT2D eigenvalue weighted by Gasteiger charge is -2.15. The van der Waals surface area contributed by atoms with Gasteiger partial charge in [-0.05, 0) is 30.2 Å². The van der Waals surface area contributed by atoms with Gasteiger partial charge in [-0.2, -0.15) is 0 Å². The second kappa shape index (κ2) is 8.12. The maximum absolute atomic E-state index is 11.9. The number of hydrogen-bond donors (Lipinski definition) is 2. The molecule has 3 aromatic rings. The van der Waals surface area contributed by atoms with Crippen LogP contribution >= 0.6 is 0 Å². The highest BCUT2D eigenvalue weighted by Crippen LogP contribution is 2.15. The van der Waals surface area contributed by atoms with Crippen LogP contribution in [0.5, 0.6) is 0 Å². The molecule has 0 radical (unpaired) electrons. The van der Waals surface area contributed by atoms with E-state index >= 15 is 0 Å². The number of amides is 2. The van der Waals surface area contributed by atoms with Gasteiger partial charge >= 0.3 is 6.03 Å². The molecule has 128 valence electrons. The van der Waals surface area contributed by atoms with E-state index in [0.29, 0.717) is 6.61 Å². The van der Waals surface area contributed by atoms with Crippen LogP contribution in [0.2, 0.25) is 0 Å². The van der Waals surface area contributed by atoms with Crippen molar-refractivity contribution in [3.05, 3.63) is 84.4 Å². The SMILES string of the molecule is CC(NC(=O)NOCc1ccccc1)c1ccc(-n2ccnc2)cc1. The summed E-state index contributed by atoms with van der Waals surface area (Å²) < 4.78 is 1.92. The number of carbonyl (C=O) groups excluding carboxylic acids is 1. The maximum Gasteiger partial charge on any atom is 0.339 e. The molecule has 0 bridgehead atoms. The number of aromatic nitrogens is 2. The van der Waals surface area contributed by atoms with Crippen LogP contribution < -0.4 is 10.8 Å². The van der Waals surface area contributed by atoms with Gasteiger partial charge in [0.2, 0.25) is 0 Å². The number of nitrogens with one attached hydrogen (secondary N) is 2. The zero-order valence-corrected chi connectivity index (χ0v) is 13.9. The molecule has 0 aliphatic heterocycles. The number of urea groups is 1. The van der Waals surface area contributed by atoms with Gasteiger partial charge in [0.25, 0.3) is 0 Å². The van der Waals surface area contributed by atoms with Crippen molar-refractivity contribution in [1.29, 1.82) is 0 Å². The lowest BCUT2D eigenvalue weighted by Crippen LogP contribution is -2.36. The first-order valence-electron chi connectivity index (χ1n) is 8.03. The number of rotatable bonds is 6. The summed E-state index contributed by atoms with van der Waals surface area (Å²) in [5.41, 5.74) is 5.41. The number of hydrogen-bond acceptors (Lipinski definition) is 3. The first-order valence-corrected chi connectivity index (χ1v) is 8.03. The highest BCUT2D eigenvalue weighted by Gasteiger charge is 2.09. The summed E-state index contributed by atoms with van der Waals surface area (Å²) in [6.07, 6.45) is 5.36. The van der Waals surface area contributed by atoms with Crippen LogP contribution in [-0.2, 0) is 11.4 Å². The van der Waals surface area contributed by atoms with Crippen LogP contribution in [0.4, 0.5) is 4.79 Å². The van der Waals surface area contributed by atoms with Gasteiger partial charge < -0.3 is 9.88 Å². The fraction of sp³-hybridized carbons (Fsp3) is 0.158. The quantitative estimate of drug-likeness (QED) is 0.678. The van der Waals surface area contributed by atoms with Gasteiger partial charge in [0, 0.05) is 18.1 Å². The van der Waals surface area contributed by atoms with E-state index in [-0.39, 0.29) is 12.1 Å². The van der Waals surface area contributed by atoms with E-state index in [1.807, 2.05) is 72.3 Å². The Bertz CT molecular complexity index is 786.